The summed E-state index contributed by atoms with van der Waals surface area (Å²) >= 11 is 3.39. The average Bonchev–Trinajstić information content (AvgIpc) is 2.16. The minimum absolute atomic E-state index is 0.157. The second-order valence-electron chi connectivity index (χ2n) is 3.84. The summed E-state index contributed by atoms with van der Waals surface area (Å²) in [7, 11) is 0. The Balaban J connectivity index is 2.84. The molecule has 78 valence electrons. The third-order valence-electron chi connectivity index (χ3n) is 2.40. The van der Waals surface area contributed by atoms with Gasteiger partial charge in [0.2, 0.25) is 0 Å². The smallest absolute Gasteiger partial charge is 0.145 e. The second kappa shape index (κ2) is 3.89. The fraction of sp³-hybridized carbons (Fsp3) is 0.250. The number of halogens is 2. The Morgan fingerprint density at radius 1 is 1.33 bits per heavy atom. The maximum absolute atomic E-state index is 13.6. The van der Waals surface area contributed by atoms with E-state index in [4.69, 9.17) is 0 Å². The first kappa shape index (κ1) is 10.6. The van der Waals surface area contributed by atoms with Crippen LogP contribution in [0, 0.1) is 5.82 Å². The normalized spacial score (nSPS) is 11.3. The van der Waals surface area contributed by atoms with Crippen molar-refractivity contribution in [3.05, 3.63) is 40.2 Å². The molecule has 0 amide bonds. The summed E-state index contributed by atoms with van der Waals surface area (Å²) < 4.78 is 14.6. The first-order valence-electron chi connectivity index (χ1n) is 4.83. The number of nitrogens with zero attached hydrogens (tertiary/aromatic N) is 1. The third-order valence-corrected chi connectivity index (χ3v) is 2.89. The summed E-state index contributed by atoms with van der Waals surface area (Å²) in [6, 6.07) is 5.73. The van der Waals surface area contributed by atoms with Crippen LogP contribution in [0.25, 0.3) is 10.9 Å². The Morgan fingerprint density at radius 3 is 2.73 bits per heavy atom. The van der Waals surface area contributed by atoms with Gasteiger partial charge in [-0.05, 0) is 24.1 Å². The molecule has 15 heavy (non-hydrogen) atoms. The molecular formula is C12H11BrFN. The van der Waals surface area contributed by atoms with Crippen LogP contribution in [-0.4, -0.2) is 4.98 Å². The molecule has 2 aromatic rings. The number of hydrogen-bond acceptors (Lipinski definition) is 1. The molecule has 0 fully saturated rings. The zero-order chi connectivity index (χ0) is 11.0. The van der Waals surface area contributed by atoms with E-state index in [1.165, 1.54) is 6.20 Å². The first-order valence-corrected chi connectivity index (χ1v) is 5.62. The summed E-state index contributed by atoms with van der Waals surface area (Å²) in [6.45, 7) is 3.97. The van der Waals surface area contributed by atoms with Gasteiger partial charge in [-0.25, -0.2) is 4.39 Å². The standard InChI is InChI=1S/C12H11BrFN/c1-7(2)12-9-5-8(13)3-4-11(9)15-6-10(12)14/h3-7H,1-2H3. The summed E-state index contributed by atoms with van der Waals surface area (Å²) in [5, 5.41) is 0.888. The highest BCUT2D eigenvalue weighted by molar-refractivity contribution is 9.10. The van der Waals surface area contributed by atoms with Crippen LogP contribution in [0.15, 0.2) is 28.9 Å². The van der Waals surface area contributed by atoms with Crippen LogP contribution in [-0.2, 0) is 0 Å². The highest BCUT2D eigenvalue weighted by Crippen LogP contribution is 2.28. The molecule has 1 aromatic carbocycles. The number of hydrogen-bond donors (Lipinski definition) is 0. The van der Waals surface area contributed by atoms with E-state index in [1.807, 2.05) is 32.0 Å². The van der Waals surface area contributed by atoms with Gasteiger partial charge in [0.1, 0.15) is 5.82 Å². The fourth-order valence-electron chi connectivity index (χ4n) is 1.75. The van der Waals surface area contributed by atoms with Gasteiger partial charge in [-0.15, -0.1) is 0 Å². The van der Waals surface area contributed by atoms with Gasteiger partial charge in [0.15, 0.2) is 0 Å². The molecule has 0 aliphatic carbocycles. The van der Waals surface area contributed by atoms with E-state index >= 15 is 0 Å². The predicted molar refractivity (Wildman–Crippen MR) is 63.5 cm³/mol. The molecule has 0 saturated heterocycles. The van der Waals surface area contributed by atoms with Gasteiger partial charge in [-0.1, -0.05) is 29.8 Å². The lowest BCUT2D eigenvalue weighted by atomic mass is 9.98. The predicted octanol–water partition coefficient (Wildman–Crippen LogP) is 4.26. The third kappa shape index (κ3) is 1.88. The van der Waals surface area contributed by atoms with Crippen molar-refractivity contribution < 1.29 is 4.39 Å². The molecule has 1 aromatic heterocycles. The first-order chi connectivity index (χ1) is 7.09. The van der Waals surface area contributed by atoms with E-state index < -0.39 is 0 Å². The number of pyridine rings is 1. The molecule has 1 heterocycles. The van der Waals surface area contributed by atoms with E-state index in [1.54, 1.807) is 0 Å². The van der Waals surface area contributed by atoms with Gasteiger partial charge in [0.05, 0.1) is 11.7 Å². The molecule has 0 atom stereocenters. The molecule has 0 bridgehead atoms. The maximum atomic E-state index is 13.6. The number of aromatic nitrogens is 1. The van der Waals surface area contributed by atoms with Crippen LogP contribution < -0.4 is 0 Å². The number of rotatable bonds is 1. The van der Waals surface area contributed by atoms with Crippen LogP contribution in [0.2, 0.25) is 0 Å². The van der Waals surface area contributed by atoms with Gasteiger partial charge < -0.3 is 0 Å². The lowest BCUT2D eigenvalue weighted by Crippen LogP contribution is -1.96. The van der Waals surface area contributed by atoms with E-state index in [0.29, 0.717) is 0 Å². The quantitative estimate of drug-likeness (QED) is 0.753. The van der Waals surface area contributed by atoms with Crippen molar-refractivity contribution in [3.8, 4) is 0 Å². The molecule has 0 radical (unpaired) electrons. The molecular weight excluding hydrogens is 257 g/mol. The highest BCUT2D eigenvalue weighted by atomic mass is 79.9. The van der Waals surface area contributed by atoms with Crippen LogP contribution >= 0.6 is 15.9 Å². The van der Waals surface area contributed by atoms with Crippen LogP contribution in [0.3, 0.4) is 0 Å². The summed E-state index contributed by atoms with van der Waals surface area (Å²) in [6.07, 6.45) is 1.30. The molecule has 0 spiro atoms. The Kier molecular flexibility index (Phi) is 2.74. The molecule has 0 aliphatic heterocycles. The van der Waals surface area contributed by atoms with Crippen molar-refractivity contribution in [1.82, 2.24) is 4.98 Å². The Morgan fingerprint density at radius 2 is 2.07 bits per heavy atom. The molecule has 2 rings (SSSR count). The van der Waals surface area contributed by atoms with E-state index in [9.17, 15) is 4.39 Å². The lowest BCUT2D eigenvalue weighted by Gasteiger charge is -2.10. The summed E-state index contributed by atoms with van der Waals surface area (Å²) in [4.78, 5) is 4.07. The zero-order valence-electron chi connectivity index (χ0n) is 8.59. The van der Waals surface area contributed by atoms with Crippen LogP contribution in [0.5, 0.6) is 0 Å². The molecule has 3 heteroatoms. The minimum atomic E-state index is -0.226. The molecule has 0 N–H and O–H groups in total. The van der Waals surface area contributed by atoms with E-state index in [2.05, 4.69) is 20.9 Å². The Bertz CT molecular complexity index is 503. The van der Waals surface area contributed by atoms with Gasteiger partial charge in [0.25, 0.3) is 0 Å². The zero-order valence-corrected chi connectivity index (χ0v) is 10.2. The van der Waals surface area contributed by atoms with E-state index in [-0.39, 0.29) is 11.7 Å². The van der Waals surface area contributed by atoms with Crippen molar-refractivity contribution in [1.29, 1.82) is 0 Å². The van der Waals surface area contributed by atoms with Crippen molar-refractivity contribution >= 4 is 26.8 Å². The number of benzene rings is 1. The topological polar surface area (TPSA) is 12.9 Å². The summed E-state index contributed by atoms with van der Waals surface area (Å²) in [5.41, 5.74) is 1.57. The highest BCUT2D eigenvalue weighted by Gasteiger charge is 2.12. The Labute approximate surface area is 96.5 Å². The van der Waals surface area contributed by atoms with Crippen molar-refractivity contribution in [2.75, 3.05) is 0 Å². The molecule has 0 aliphatic rings. The van der Waals surface area contributed by atoms with Gasteiger partial charge >= 0.3 is 0 Å². The number of fused-ring (bicyclic) bond motifs is 1. The van der Waals surface area contributed by atoms with Gasteiger partial charge in [-0.2, -0.15) is 0 Å². The van der Waals surface area contributed by atoms with Crippen molar-refractivity contribution in [2.24, 2.45) is 0 Å². The van der Waals surface area contributed by atoms with Crippen LogP contribution in [0.1, 0.15) is 25.3 Å². The lowest BCUT2D eigenvalue weighted by molar-refractivity contribution is 0.597. The largest absolute Gasteiger partial charge is 0.253 e. The second-order valence-corrected chi connectivity index (χ2v) is 4.75. The monoisotopic (exact) mass is 267 g/mol. The molecule has 0 saturated carbocycles. The van der Waals surface area contributed by atoms with Gasteiger partial charge in [0, 0.05) is 15.4 Å². The Hall–Kier alpha value is -0.960. The van der Waals surface area contributed by atoms with Gasteiger partial charge in [-0.3, -0.25) is 4.98 Å². The van der Waals surface area contributed by atoms with Crippen molar-refractivity contribution in [2.45, 2.75) is 19.8 Å². The molecule has 0 unspecified atom stereocenters. The summed E-state index contributed by atoms with van der Waals surface area (Å²) in [5.74, 6) is -0.0691. The molecule has 1 nitrogen and oxygen atoms in total. The fourth-order valence-corrected chi connectivity index (χ4v) is 2.11. The van der Waals surface area contributed by atoms with Crippen LogP contribution in [0.4, 0.5) is 4.39 Å². The minimum Gasteiger partial charge on any atom is -0.253 e. The maximum Gasteiger partial charge on any atom is 0.145 e. The van der Waals surface area contributed by atoms with Crippen molar-refractivity contribution in [3.63, 3.8) is 0 Å². The average molecular weight is 268 g/mol. The SMILES string of the molecule is CC(C)c1c(F)cnc2ccc(Br)cc12. The van der Waals surface area contributed by atoms with E-state index in [0.717, 1.165) is 20.9 Å².